The Balaban J connectivity index is 1.71. The van der Waals surface area contributed by atoms with Gasteiger partial charge in [-0.2, -0.15) is 5.10 Å². The monoisotopic (exact) mass is 338 g/mol. The predicted molar refractivity (Wildman–Crippen MR) is 89.7 cm³/mol. The van der Waals surface area contributed by atoms with E-state index in [-0.39, 0.29) is 18.1 Å². The zero-order valence-electron chi connectivity index (χ0n) is 13.8. The maximum Gasteiger partial charge on any atom is 0.238 e. The number of aromatic nitrogens is 2. The third kappa shape index (κ3) is 2.61. The predicted octanol–water partition coefficient (Wildman–Crippen LogP) is 1.37. The van der Waals surface area contributed by atoms with Gasteiger partial charge in [0.1, 0.15) is 5.92 Å². The SMILES string of the molecule is Cc1cc(NC(=O)[C@H]2C(=O)CC(=O)N3CCc4ccccc4[C@H]23)n[nH]1. The number of aryl methyl sites for hydroxylation is 1. The number of nitrogens with one attached hydrogen (secondary N) is 2. The van der Waals surface area contributed by atoms with E-state index in [2.05, 4.69) is 15.5 Å². The molecule has 0 bridgehead atoms. The smallest absolute Gasteiger partial charge is 0.238 e. The van der Waals surface area contributed by atoms with Crippen LogP contribution in [-0.4, -0.2) is 39.2 Å². The molecular formula is C18H18N4O3. The molecule has 7 heteroatoms. The van der Waals surface area contributed by atoms with E-state index in [0.29, 0.717) is 12.4 Å². The Morgan fingerprint density at radius 3 is 2.88 bits per heavy atom. The number of H-pyrrole nitrogens is 1. The minimum atomic E-state index is -0.920. The van der Waals surface area contributed by atoms with Crippen molar-refractivity contribution in [3.05, 3.63) is 47.2 Å². The molecule has 1 aromatic carbocycles. The number of hydrogen-bond acceptors (Lipinski definition) is 4. The van der Waals surface area contributed by atoms with E-state index in [9.17, 15) is 14.4 Å². The number of Topliss-reactive ketones (excluding diaryl/α,β-unsaturated/α-hetero) is 1. The summed E-state index contributed by atoms with van der Waals surface area (Å²) in [5, 5.41) is 9.44. The van der Waals surface area contributed by atoms with Gasteiger partial charge < -0.3 is 10.2 Å². The second kappa shape index (κ2) is 5.84. The quantitative estimate of drug-likeness (QED) is 0.809. The highest BCUT2D eigenvalue weighted by molar-refractivity contribution is 6.14. The number of benzene rings is 1. The lowest BCUT2D eigenvalue weighted by molar-refractivity contribution is -0.150. The number of amides is 2. The molecule has 2 atom stereocenters. The molecule has 2 aromatic rings. The average Bonchev–Trinajstić information content (AvgIpc) is 2.99. The van der Waals surface area contributed by atoms with Crippen molar-refractivity contribution in [2.45, 2.75) is 25.8 Å². The minimum absolute atomic E-state index is 0.204. The van der Waals surface area contributed by atoms with Crippen LogP contribution in [0, 0.1) is 12.8 Å². The number of hydrogen-bond donors (Lipinski definition) is 2. The number of carbonyl (C=O) groups is 3. The number of aromatic amines is 1. The Labute approximate surface area is 144 Å². The Kier molecular flexibility index (Phi) is 3.63. The molecular weight excluding hydrogens is 320 g/mol. The molecule has 1 aromatic heterocycles. The molecule has 1 saturated heterocycles. The third-order valence-corrected chi connectivity index (χ3v) is 4.88. The van der Waals surface area contributed by atoms with Gasteiger partial charge >= 0.3 is 0 Å². The van der Waals surface area contributed by atoms with E-state index < -0.39 is 17.9 Å². The summed E-state index contributed by atoms with van der Waals surface area (Å²) in [6.07, 6.45) is 0.510. The van der Waals surface area contributed by atoms with Gasteiger partial charge in [0.2, 0.25) is 11.8 Å². The van der Waals surface area contributed by atoms with E-state index in [4.69, 9.17) is 0 Å². The molecule has 2 aliphatic heterocycles. The van der Waals surface area contributed by atoms with Crippen molar-refractivity contribution >= 4 is 23.4 Å². The molecule has 2 N–H and O–H groups in total. The normalized spacial score (nSPS) is 22.4. The van der Waals surface area contributed by atoms with Gasteiger partial charge in [0.05, 0.1) is 12.5 Å². The van der Waals surface area contributed by atoms with E-state index >= 15 is 0 Å². The highest BCUT2D eigenvalue weighted by Crippen LogP contribution is 2.40. The summed E-state index contributed by atoms with van der Waals surface area (Å²) in [4.78, 5) is 39.4. The summed E-state index contributed by atoms with van der Waals surface area (Å²) in [6.45, 7) is 2.35. The lowest BCUT2D eigenvalue weighted by atomic mass is 9.78. The van der Waals surface area contributed by atoms with Crippen LogP contribution in [0.3, 0.4) is 0 Å². The largest absolute Gasteiger partial charge is 0.334 e. The van der Waals surface area contributed by atoms with E-state index in [1.165, 1.54) is 0 Å². The molecule has 0 saturated carbocycles. The molecule has 0 unspecified atom stereocenters. The summed E-state index contributed by atoms with van der Waals surface area (Å²) < 4.78 is 0. The third-order valence-electron chi connectivity index (χ3n) is 4.88. The molecule has 128 valence electrons. The number of nitrogens with zero attached hydrogens (tertiary/aromatic N) is 2. The van der Waals surface area contributed by atoms with Crippen LogP contribution < -0.4 is 5.32 Å². The Morgan fingerprint density at radius 2 is 2.12 bits per heavy atom. The Morgan fingerprint density at radius 1 is 1.32 bits per heavy atom. The number of rotatable bonds is 2. The lowest BCUT2D eigenvalue weighted by Crippen LogP contribution is -2.53. The first kappa shape index (κ1) is 15.6. The van der Waals surface area contributed by atoms with Crippen LogP contribution in [0.1, 0.15) is 29.3 Å². The molecule has 0 radical (unpaired) electrons. The van der Waals surface area contributed by atoms with Crippen molar-refractivity contribution in [2.75, 3.05) is 11.9 Å². The maximum atomic E-state index is 12.8. The van der Waals surface area contributed by atoms with Gasteiger partial charge in [0, 0.05) is 18.3 Å². The summed E-state index contributed by atoms with van der Waals surface area (Å²) in [6, 6.07) is 8.85. The van der Waals surface area contributed by atoms with Crippen molar-refractivity contribution in [2.24, 2.45) is 5.92 Å². The van der Waals surface area contributed by atoms with E-state index in [1.807, 2.05) is 31.2 Å². The van der Waals surface area contributed by atoms with Gasteiger partial charge in [0.25, 0.3) is 0 Å². The molecule has 7 nitrogen and oxygen atoms in total. The summed E-state index contributed by atoms with van der Waals surface area (Å²) in [5.41, 5.74) is 2.78. The summed E-state index contributed by atoms with van der Waals surface area (Å²) in [5.74, 6) is -1.51. The van der Waals surface area contributed by atoms with Crippen molar-refractivity contribution in [3.8, 4) is 0 Å². The fourth-order valence-electron chi connectivity index (χ4n) is 3.75. The first-order valence-corrected chi connectivity index (χ1v) is 8.27. The number of ketones is 1. The van der Waals surface area contributed by atoms with Crippen LogP contribution in [0.5, 0.6) is 0 Å². The first-order chi connectivity index (χ1) is 12.0. The van der Waals surface area contributed by atoms with Crippen LogP contribution in [0.25, 0.3) is 0 Å². The van der Waals surface area contributed by atoms with Crippen LogP contribution in [-0.2, 0) is 20.8 Å². The highest BCUT2D eigenvalue weighted by Gasteiger charge is 2.47. The van der Waals surface area contributed by atoms with Crippen molar-refractivity contribution in [3.63, 3.8) is 0 Å². The van der Waals surface area contributed by atoms with Crippen LogP contribution in [0.2, 0.25) is 0 Å². The molecule has 4 rings (SSSR count). The molecule has 1 fully saturated rings. The molecule has 2 aliphatic rings. The van der Waals surface area contributed by atoms with Crippen molar-refractivity contribution < 1.29 is 14.4 Å². The highest BCUT2D eigenvalue weighted by atomic mass is 16.2. The van der Waals surface area contributed by atoms with Crippen molar-refractivity contribution in [1.29, 1.82) is 0 Å². The zero-order valence-corrected chi connectivity index (χ0v) is 13.8. The van der Waals surface area contributed by atoms with E-state index in [1.54, 1.807) is 11.0 Å². The topological polar surface area (TPSA) is 95.2 Å². The minimum Gasteiger partial charge on any atom is -0.334 e. The van der Waals surface area contributed by atoms with Crippen molar-refractivity contribution in [1.82, 2.24) is 15.1 Å². The second-order valence-corrected chi connectivity index (χ2v) is 6.53. The Hall–Kier alpha value is -2.96. The standard InChI is InChI=1S/C18H18N4O3/c1-10-8-14(21-20-10)19-18(25)16-13(23)9-15(24)22-7-6-11-4-2-3-5-12(11)17(16)22/h2-5,8,16-17H,6-7,9H2,1H3,(H2,19,20,21,25)/t16-,17+/m0/s1. The first-order valence-electron chi connectivity index (χ1n) is 8.27. The number of anilines is 1. The van der Waals surface area contributed by atoms with Gasteiger partial charge in [-0.05, 0) is 24.5 Å². The number of piperidine rings is 1. The number of carbonyl (C=O) groups excluding carboxylic acids is 3. The van der Waals surface area contributed by atoms with Gasteiger partial charge in [-0.3, -0.25) is 19.5 Å². The maximum absolute atomic E-state index is 12.8. The lowest BCUT2D eigenvalue weighted by Gasteiger charge is -2.43. The van der Waals surface area contributed by atoms with Crippen LogP contribution in [0.15, 0.2) is 30.3 Å². The summed E-state index contributed by atoms with van der Waals surface area (Å²) >= 11 is 0. The average molecular weight is 338 g/mol. The van der Waals surface area contributed by atoms with Gasteiger partial charge in [0.15, 0.2) is 11.6 Å². The van der Waals surface area contributed by atoms with Gasteiger partial charge in [-0.1, -0.05) is 24.3 Å². The summed E-state index contributed by atoms with van der Waals surface area (Å²) in [7, 11) is 0. The second-order valence-electron chi connectivity index (χ2n) is 6.53. The zero-order chi connectivity index (χ0) is 17.6. The Bertz CT molecular complexity index is 873. The van der Waals surface area contributed by atoms with Gasteiger partial charge in [-0.25, -0.2) is 0 Å². The molecule has 0 aliphatic carbocycles. The molecule has 0 spiro atoms. The molecule has 3 heterocycles. The van der Waals surface area contributed by atoms with Crippen LogP contribution >= 0.6 is 0 Å². The van der Waals surface area contributed by atoms with Crippen LogP contribution in [0.4, 0.5) is 5.82 Å². The fraction of sp³-hybridized carbons (Fsp3) is 0.333. The fourth-order valence-corrected chi connectivity index (χ4v) is 3.75. The number of fused-ring (bicyclic) bond motifs is 3. The molecule has 2 amide bonds. The van der Waals surface area contributed by atoms with Gasteiger partial charge in [-0.15, -0.1) is 0 Å². The molecule has 25 heavy (non-hydrogen) atoms. The van der Waals surface area contributed by atoms with E-state index in [0.717, 1.165) is 23.2 Å².